The Kier molecular flexibility index (Phi) is 3.92. The molecule has 0 aliphatic carbocycles. The van der Waals surface area contributed by atoms with E-state index < -0.39 is 0 Å². The fourth-order valence-electron chi connectivity index (χ4n) is 3.43. The van der Waals surface area contributed by atoms with E-state index in [0.29, 0.717) is 0 Å². The third kappa shape index (κ3) is 3.21. The molecule has 0 spiro atoms. The molecule has 2 aliphatic rings. The molecule has 2 aliphatic heterocycles. The van der Waals surface area contributed by atoms with Gasteiger partial charge in [-0.25, -0.2) is 0 Å². The fourth-order valence-corrected chi connectivity index (χ4v) is 3.43. The molecule has 3 nitrogen and oxygen atoms in total. The molecule has 0 amide bonds. The van der Waals surface area contributed by atoms with E-state index in [0.717, 1.165) is 11.6 Å². The van der Waals surface area contributed by atoms with Crippen LogP contribution in [0.4, 0.5) is 11.4 Å². The third-order valence-corrected chi connectivity index (χ3v) is 4.56. The lowest BCUT2D eigenvalue weighted by Gasteiger charge is -2.35. The predicted molar refractivity (Wildman–Crippen MR) is 81.5 cm³/mol. The molecular formula is C16H25N3. The van der Waals surface area contributed by atoms with E-state index in [1.54, 1.807) is 0 Å². The Morgan fingerprint density at radius 2 is 1.79 bits per heavy atom. The van der Waals surface area contributed by atoms with Crippen LogP contribution in [0, 0.1) is 5.92 Å². The molecule has 0 aromatic heterocycles. The molecule has 2 fully saturated rings. The summed E-state index contributed by atoms with van der Waals surface area (Å²) in [6, 6.07) is 8.29. The molecule has 2 saturated heterocycles. The highest BCUT2D eigenvalue weighted by atomic mass is 15.2. The van der Waals surface area contributed by atoms with Crippen molar-refractivity contribution >= 4 is 11.4 Å². The van der Waals surface area contributed by atoms with Crippen molar-refractivity contribution in [3.05, 3.63) is 24.3 Å². The average Bonchev–Trinajstić information content (AvgIpc) is 2.92. The maximum Gasteiger partial charge on any atom is 0.0386 e. The van der Waals surface area contributed by atoms with Gasteiger partial charge in [-0.1, -0.05) is 6.07 Å². The summed E-state index contributed by atoms with van der Waals surface area (Å²) in [5.74, 6) is 0.899. The van der Waals surface area contributed by atoms with Crippen LogP contribution >= 0.6 is 0 Å². The zero-order valence-corrected chi connectivity index (χ0v) is 11.7. The molecule has 0 atom stereocenters. The molecule has 2 N–H and O–H groups in total. The van der Waals surface area contributed by atoms with Crippen LogP contribution in [0.5, 0.6) is 0 Å². The minimum atomic E-state index is 0.872. The highest BCUT2D eigenvalue weighted by Gasteiger charge is 2.22. The Labute approximate surface area is 116 Å². The standard InChI is InChI=1S/C16H25N3/c17-15-4-3-5-16(12-15)19-10-6-14(7-11-19)13-18-8-1-2-9-18/h3-5,12,14H,1-2,6-11,13,17H2. The molecule has 2 heterocycles. The van der Waals surface area contributed by atoms with Gasteiger partial charge in [-0.3, -0.25) is 0 Å². The summed E-state index contributed by atoms with van der Waals surface area (Å²) >= 11 is 0. The smallest absolute Gasteiger partial charge is 0.0386 e. The first kappa shape index (κ1) is 12.8. The Balaban J connectivity index is 1.51. The predicted octanol–water partition coefficient (Wildman–Crippen LogP) is 2.58. The Hall–Kier alpha value is -1.22. The SMILES string of the molecule is Nc1cccc(N2CCC(CN3CCCC3)CC2)c1. The summed E-state index contributed by atoms with van der Waals surface area (Å²) in [6.07, 6.45) is 5.46. The van der Waals surface area contributed by atoms with Crippen molar-refractivity contribution in [2.24, 2.45) is 5.92 Å². The number of nitrogen functional groups attached to an aromatic ring is 1. The van der Waals surface area contributed by atoms with Crippen LogP contribution in [0.2, 0.25) is 0 Å². The normalized spacial score (nSPS) is 22.0. The number of benzene rings is 1. The number of piperidine rings is 1. The number of anilines is 2. The second kappa shape index (κ2) is 5.83. The molecule has 3 rings (SSSR count). The molecule has 0 saturated carbocycles. The van der Waals surface area contributed by atoms with Crippen molar-refractivity contribution < 1.29 is 0 Å². The number of likely N-dealkylation sites (tertiary alicyclic amines) is 1. The molecular weight excluding hydrogens is 234 g/mol. The topological polar surface area (TPSA) is 32.5 Å². The lowest BCUT2D eigenvalue weighted by atomic mass is 9.96. The van der Waals surface area contributed by atoms with Gasteiger partial charge in [0.05, 0.1) is 0 Å². The van der Waals surface area contributed by atoms with E-state index in [2.05, 4.69) is 28.0 Å². The zero-order valence-electron chi connectivity index (χ0n) is 11.7. The van der Waals surface area contributed by atoms with E-state index in [1.165, 1.54) is 64.1 Å². The van der Waals surface area contributed by atoms with Gasteiger partial charge in [-0.2, -0.15) is 0 Å². The molecule has 0 bridgehead atoms. The second-order valence-electron chi connectivity index (χ2n) is 6.03. The van der Waals surface area contributed by atoms with Crippen molar-refractivity contribution in [2.45, 2.75) is 25.7 Å². The second-order valence-corrected chi connectivity index (χ2v) is 6.03. The van der Waals surface area contributed by atoms with E-state index >= 15 is 0 Å². The first-order valence-electron chi connectivity index (χ1n) is 7.64. The molecule has 0 unspecified atom stereocenters. The number of hydrogen-bond donors (Lipinski definition) is 1. The number of hydrogen-bond acceptors (Lipinski definition) is 3. The monoisotopic (exact) mass is 259 g/mol. The number of nitrogens with two attached hydrogens (primary N) is 1. The highest BCUT2D eigenvalue weighted by molar-refractivity contribution is 5.56. The van der Waals surface area contributed by atoms with Crippen LogP contribution in [0.15, 0.2) is 24.3 Å². The summed E-state index contributed by atoms with van der Waals surface area (Å²) in [7, 11) is 0. The molecule has 104 valence electrons. The van der Waals surface area contributed by atoms with Crippen molar-refractivity contribution in [1.29, 1.82) is 0 Å². The van der Waals surface area contributed by atoms with Gasteiger partial charge in [0.2, 0.25) is 0 Å². The fraction of sp³-hybridized carbons (Fsp3) is 0.625. The minimum Gasteiger partial charge on any atom is -0.399 e. The summed E-state index contributed by atoms with van der Waals surface area (Å²) in [6.45, 7) is 6.35. The first-order chi connectivity index (χ1) is 9.31. The lowest BCUT2D eigenvalue weighted by molar-refractivity contribution is 0.249. The van der Waals surface area contributed by atoms with Gasteiger partial charge < -0.3 is 15.5 Å². The third-order valence-electron chi connectivity index (χ3n) is 4.56. The summed E-state index contributed by atoms with van der Waals surface area (Å²) in [5, 5.41) is 0. The quantitative estimate of drug-likeness (QED) is 0.847. The first-order valence-corrected chi connectivity index (χ1v) is 7.64. The molecule has 3 heteroatoms. The van der Waals surface area contributed by atoms with Crippen LogP contribution in [0.3, 0.4) is 0 Å². The zero-order chi connectivity index (χ0) is 13.1. The van der Waals surface area contributed by atoms with Crippen molar-refractivity contribution in [3.8, 4) is 0 Å². The summed E-state index contributed by atoms with van der Waals surface area (Å²) in [5.41, 5.74) is 8.03. The van der Waals surface area contributed by atoms with Crippen molar-refractivity contribution in [2.75, 3.05) is 43.4 Å². The van der Waals surface area contributed by atoms with Gasteiger partial charge in [0, 0.05) is 31.0 Å². The van der Waals surface area contributed by atoms with Gasteiger partial charge in [-0.05, 0) is 62.9 Å². The Morgan fingerprint density at radius 1 is 1.05 bits per heavy atom. The van der Waals surface area contributed by atoms with Gasteiger partial charge in [-0.15, -0.1) is 0 Å². The van der Waals surface area contributed by atoms with Crippen molar-refractivity contribution in [3.63, 3.8) is 0 Å². The maximum atomic E-state index is 5.87. The van der Waals surface area contributed by atoms with E-state index in [9.17, 15) is 0 Å². The van der Waals surface area contributed by atoms with Crippen LogP contribution in [0.1, 0.15) is 25.7 Å². The van der Waals surface area contributed by atoms with Crippen LogP contribution in [-0.2, 0) is 0 Å². The Bertz CT molecular complexity index is 404. The van der Waals surface area contributed by atoms with E-state index in [1.807, 2.05) is 6.07 Å². The van der Waals surface area contributed by atoms with Crippen molar-refractivity contribution in [1.82, 2.24) is 4.90 Å². The summed E-state index contributed by atoms with van der Waals surface area (Å²) < 4.78 is 0. The molecule has 1 aromatic rings. The largest absolute Gasteiger partial charge is 0.399 e. The van der Waals surface area contributed by atoms with Crippen LogP contribution < -0.4 is 10.6 Å². The van der Waals surface area contributed by atoms with E-state index in [4.69, 9.17) is 5.73 Å². The molecule has 19 heavy (non-hydrogen) atoms. The lowest BCUT2D eigenvalue weighted by Crippen LogP contribution is -2.38. The molecule has 1 aromatic carbocycles. The van der Waals surface area contributed by atoms with Gasteiger partial charge in [0.25, 0.3) is 0 Å². The van der Waals surface area contributed by atoms with Crippen LogP contribution in [0.25, 0.3) is 0 Å². The van der Waals surface area contributed by atoms with E-state index in [-0.39, 0.29) is 0 Å². The van der Waals surface area contributed by atoms with Gasteiger partial charge >= 0.3 is 0 Å². The van der Waals surface area contributed by atoms with Gasteiger partial charge in [0.15, 0.2) is 0 Å². The summed E-state index contributed by atoms with van der Waals surface area (Å²) in [4.78, 5) is 5.14. The highest BCUT2D eigenvalue weighted by Crippen LogP contribution is 2.25. The molecule has 0 radical (unpaired) electrons. The van der Waals surface area contributed by atoms with Crippen LogP contribution in [-0.4, -0.2) is 37.6 Å². The number of rotatable bonds is 3. The van der Waals surface area contributed by atoms with Gasteiger partial charge in [0.1, 0.15) is 0 Å². The minimum absolute atomic E-state index is 0.872. The maximum absolute atomic E-state index is 5.87. The number of nitrogens with zero attached hydrogens (tertiary/aromatic N) is 2. The Morgan fingerprint density at radius 3 is 2.47 bits per heavy atom. The average molecular weight is 259 g/mol.